The van der Waals surface area contributed by atoms with Gasteiger partial charge in [-0.25, -0.2) is 12.2 Å². The van der Waals surface area contributed by atoms with Crippen LogP contribution < -0.4 is 4.74 Å². The number of hydrogen-bond donors (Lipinski definition) is 0. The van der Waals surface area contributed by atoms with Gasteiger partial charge >= 0.3 is 26.2 Å². The molecule has 0 heterocycles. The summed E-state index contributed by atoms with van der Waals surface area (Å²) in [6.45, 7) is 0. The molecule has 0 fully saturated rings. The van der Waals surface area contributed by atoms with Gasteiger partial charge in [-0.15, -0.1) is 29.7 Å². The summed E-state index contributed by atoms with van der Waals surface area (Å²) in [5.74, 6) is 0.821. The van der Waals surface area contributed by atoms with Crippen molar-refractivity contribution < 1.29 is 30.9 Å². The largest absolute Gasteiger partial charge is 4.00 e. The maximum atomic E-state index is 5.18. The van der Waals surface area contributed by atoms with Crippen molar-refractivity contribution in [2.45, 2.75) is 12.8 Å². The predicted octanol–water partition coefficient (Wildman–Crippen LogP) is 5.27. The van der Waals surface area contributed by atoms with Crippen molar-refractivity contribution in [1.82, 2.24) is 0 Å². The van der Waals surface area contributed by atoms with Gasteiger partial charge in [0.1, 0.15) is 0 Å². The molecule has 2 aromatic rings. The zero-order valence-corrected chi connectivity index (χ0v) is 16.5. The van der Waals surface area contributed by atoms with E-state index in [0.29, 0.717) is 0 Å². The van der Waals surface area contributed by atoms with E-state index in [1.54, 1.807) is 7.11 Å². The Kier molecular flexibility index (Phi) is 9.76. The average Bonchev–Trinajstić information content (AvgIpc) is 3.17. The zero-order chi connectivity index (χ0) is 13.8. The first-order valence-corrected chi connectivity index (χ1v) is 6.77. The SMILES string of the molecule is COc1[c-]c2c(cc1)-c1ccccc1C2.[C-]1=CC=CC1.[CH3-].[CH3-].[Zr+4]. The van der Waals surface area contributed by atoms with Crippen molar-refractivity contribution in [3.05, 3.63) is 92.7 Å². The second-order valence-corrected chi connectivity index (χ2v) is 4.76. The van der Waals surface area contributed by atoms with E-state index in [2.05, 4.69) is 48.6 Å². The molecular weight excluding hydrogens is 359 g/mol. The normalized spacial score (nSPS) is 11.7. The minimum Gasteiger partial charge on any atom is -0.523 e. The van der Waals surface area contributed by atoms with Gasteiger partial charge in [0.05, 0.1) is 7.11 Å². The van der Waals surface area contributed by atoms with E-state index in [4.69, 9.17) is 4.74 Å². The van der Waals surface area contributed by atoms with Crippen molar-refractivity contribution in [3.63, 3.8) is 0 Å². The van der Waals surface area contributed by atoms with Gasteiger partial charge in [0.2, 0.25) is 0 Å². The van der Waals surface area contributed by atoms with Crippen LogP contribution in [0, 0.1) is 27.0 Å². The molecule has 0 atom stereocenters. The number of benzene rings is 2. The van der Waals surface area contributed by atoms with Crippen LogP contribution in [0.25, 0.3) is 11.1 Å². The summed E-state index contributed by atoms with van der Waals surface area (Å²) in [6.07, 6.45) is 11.0. The van der Waals surface area contributed by atoms with Gasteiger partial charge in [-0.1, -0.05) is 35.4 Å². The topological polar surface area (TPSA) is 9.23 Å². The summed E-state index contributed by atoms with van der Waals surface area (Å²) < 4.78 is 5.18. The number of ether oxygens (including phenoxy) is 1. The predicted molar refractivity (Wildman–Crippen MR) is 94.5 cm³/mol. The average molecular weight is 382 g/mol. The van der Waals surface area contributed by atoms with E-state index in [0.717, 1.165) is 18.6 Å². The Morgan fingerprint density at radius 3 is 2.39 bits per heavy atom. The molecule has 0 aliphatic heterocycles. The van der Waals surface area contributed by atoms with Crippen LogP contribution in [0.2, 0.25) is 0 Å². The summed E-state index contributed by atoms with van der Waals surface area (Å²) in [6, 6.07) is 15.9. The van der Waals surface area contributed by atoms with E-state index in [1.807, 2.05) is 18.2 Å². The van der Waals surface area contributed by atoms with Crippen LogP contribution in [0.5, 0.6) is 5.75 Å². The standard InChI is InChI=1S/C14H11O.C5H5.2CH3.Zr/c1-15-12-6-7-14-11(9-12)8-10-4-2-3-5-13(10)14;1-2-4-5-3-1;;;/h2-7H,8H2,1H3;1-3H,4H2;2*1H3;/q4*-1;+4. The summed E-state index contributed by atoms with van der Waals surface area (Å²) in [5.41, 5.74) is 5.27. The number of fused-ring (bicyclic) bond motifs is 3. The third kappa shape index (κ3) is 5.04. The van der Waals surface area contributed by atoms with E-state index < -0.39 is 0 Å². The number of methoxy groups -OCH3 is 1. The van der Waals surface area contributed by atoms with E-state index >= 15 is 0 Å². The monoisotopic (exact) mass is 380 g/mol. The van der Waals surface area contributed by atoms with Crippen molar-refractivity contribution in [2.75, 3.05) is 7.11 Å². The Morgan fingerprint density at radius 1 is 1.00 bits per heavy atom. The quantitative estimate of drug-likeness (QED) is 0.522. The molecule has 0 bridgehead atoms. The van der Waals surface area contributed by atoms with E-state index in [9.17, 15) is 0 Å². The molecule has 116 valence electrons. The summed E-state index contributed by atoms with van der Waals surface area (Å²) >= 11 is 0. The van der Waals surface area contributed by atoms with Crippen molar-refractivity contribution in [1.29, 1.82) is 0 Å². The van der Waals surface area contributed by atoms with Crippen molar-refractivity contribution in [3.8, 4) is 16.9 Å². The van der Waals surface area contributed by atoms with Gasteiger partial charge in [-0.2, -0.15) is 12.1 Å². The van der Waals surface area contributed by atoms with Crippen LogP contribution in [-0.4, -0.2) is 7.11 Å². The van der Waals surface area contributed by atoms with Gasteiger partial charge in [0.25, 0.3) is 0 Å². The molecule has 1 nitrogen and oxygen atoms in total. The summed E-state index contributed by atoms with van der Waals surface area (Å²) in [4.78, 5) is 0. The fraction of sp³-hybridized carbons (Fsp3) is 0.143. The maximum absolute atomic E-state index is 5.18. The molecule has 0 saturated carbocycles. The molecule has 0 spiro atoms. The molecule has 0 unspecified atom stereocenters. The first kappa shape index (κ1) is 21.6. The van der Waals surface area contributed by atoms with E-state index in [-0.39, 0.29) is 41.1 Å². The minimum atomic E-state index is 0. The van der Waals surface area contributed by atoms with Crippen LogP contribution >= 0.6 is 0 Å². The Morgan fingerprint density at radius 2 is 1.78 bits per heavy atom. The molecule has 2 aliphatic rings. The Hall–Kier alpha value is -1.40. The third-order valence-corrected chi connectivity index (χ3v) is 3.48. The molecule has 2 aliphatic carbocycles. The van der Waals surface area contributed by atoms with E-state index in [1.165, 1.54) is 22.3 Å². The van der Waals surface area contributed by atoms with Crippen LogP contribution in [0.4, 0.5) is 0 Å². The molecular formula is C21H22OZr. The fourth-order valence-corrected chi connectivity index (χ4v) is 2.50. The summed E-state index contributed by atoms with van der Waals surface area (Å²) in [7, 11) is 1.68. The first-order valence-electron chi connectivity index (χ1n) is 6.77. The first-order chi connectivity index (χ1) is 9.88. The number of rotatable bonds is 1. The molecule has 0 amide bonds. The molecule has 0 aromatic heterocycles. The number of allylic oxidation sites excluding steroid dienone is 4. The zero-order valence-electron chi connectivity index (χ0n) is 14.0. The molecule has 2 heteroatoms. The Balaban J connectivity index is 0.000000529. The molecule has 0 N–H and O–H groups in total. The molecule has 2 aromatic carbocycles. The fourth-order valence-electron chi connectivity index (χ4n) is 2.50. The molecule has 0 saturated heterocycles. The van der Waals surface area contributed by atoms with Crippen molar-refractivity contribution in [2.24, 2.45) is 0 Å². The van der Waals surface area contributed by atoms with Gasteiger partial charge < -0.3 is 19.6 Å². The van der Waals surface area contributed by atoms with Gasteiger partial charge in [-0.05, 0) is 6.42 Å². The Labute approximate surface area is 160 Å². The molecule has 0 radical (unpaired) electrons. The maximum Gasteiger partial charge on any atom is 4.00 e. The Bertz CT molecular complexity index is 661. The second-order valence-electron chi connectivity index (χ2n) is 4.76. The second kappa shape index (κ2) is 10.4. The smallest absolute Gasteiger partial charge is 0.523 e. The van der Waals surface area contributed by atoms with Crippen LogP contribution in [0.3, 0.4) is 0 Å². The van der Waals surface area contributed by atoms with Crippen LogP contribution in [-0.2, 0) is 32.6 Å². The summed E-state index contributed by atoms with van der Waals surface area (Å²) in [5, 5.41) is 0. The van der Waals surface area contributed by atoms with Crippen molar-refractivity contribution >= 4 is 0 Å². The third-order valence-electron chi connectivity index (χ3n) is 3.48. The van der Waals surface area contributed by atoms with Crippen LogP contribution in [0.1, 0.15) is 17.5 Å². The minimum absolute atomic E-state index is 0. The molecule has 23 heavy (non-hydrogen) atoms. The number of hydrogen-bond acceptors (Lipinski definition) is 1. The van der Waals surface area contributed by atoms with Gasteiger partial charge in [0, 0.05) is 5.75 Å². The van der Waals surface area contributed by atoms with Gasteiger partial charge in [-0.3, -0.25) is 6.08 Å². The molecule has 4 rings (SSSR count). The van der Waals surface area contributed by atoms with Gasteiger partial charge in [0.15, 0.2) is 0 Å². The van der Waals surface area contributed by atoms with Crippen LogP contribution in [0.15, 0.2) is 54.6 Å².